The summed E-state index contributed by atoms with van der Waals surface area (Å²) >= 11 is 14.2. The second-order valence-corrected chi connectivity index (χ2v) is 6.28. The van der Waals surface area contributed by atoms with Gasteiger partial charge in [-0.3, -0.25) is 0 Å². The van der Waals surface area contributed by atoms with E-state index in [1.165, 1.54) is 16.2 Å². The quantitative estimate of drug-likeness (QED) is 0.590. The van der Waals surface area contributed by atoms with Gasteiger partial charge in [-0.05, 0) is 17.5 Å². The van der Waals surface area contributed by atoms with Crippen LogP contribution in [0.15, 0.2) is 35.7 Å². The van der Waals surface area contributed by atoms with E-state index >= 15 is 0 Å². The van der Waals surface area contributed by atoms with Crippen LogP contribution < -0.4 is 0 Å². The first-order valence-electron chi connectivity index (χ1n) is 6.26. The molecule has 1 aromatic carbocycles. The van der Waals surface area contributed by atoms with Gasteiger partial charge in [-0.15, -0.1) is 22.9 Å². The Labute approximate surface area is 127 Å². The van der Waals surface area contributed by atoms with E-state index in [4.69, 9.17) is 23.2 Å². The highest BCUT2D eigenvalue weighted by Gasteiger charge is 2.26. The van der Waals surface area contributed by atoms with Gasteiger partial charge in [0.05, 0.1) is 10.6 Å². The molecule has 0 radical (unpaired) electrons. The lowest BCUT2D eigenvalue weighted by Gasteiger charge is -2.15. The van der Waals surface area contributed by atoms with Crippen LogP contribution in [0, 0.1) is 0 Å². The van der Waals surface area contributed by atoms with Gasteiger partial charge in [0, 0.05) is 16.9 Å². The molecule has 19 heavy (non-hydrogen) atoms. The number of halogens is 2. The van der Waals surface area contributed by atoms with E-state index in [2.05, 4.69) is 22.1 Å². The van der Waals surface area contributed by atoms with Crippen LogP contribution in [-0.2, 0) is 13.0 Å². The van der Waals surface area contributed by atoms with Crippen LogP contribution in [0.1, 0.15) is 16.0 Å². The molecule has 1 aliphatic rings. The molecule has 0 atom stereocenters. The summed E-state index contributed by atoms with van der Waals surface area (Å²) in [5.41, 5.74) is 3.70. The minimum atomic E-state index is 0.550. The van der Waals surface area contributed by atoms with Gasteiger partial charge < -0.3 is 0 Å². The van der Waals surface area contributed by atoms with E-state index in [9.17, 15) is 0 Å². The van der Waals surface area contributed by atoms with Crippen LogP contribution in [0.5, 0.6) is 0 Å². The van der Waals surface area contributed by atoms with Gasteiger partial charge in [-0.25, -0.2) is 4.58 Å². The van der Waals surface area contributed by atoms with Crippen molar-refractivity contribution in [2.75, 3.05) is 12.4 Å². The van der Waals surface area contributed by atoms with E-state index < -0.39 is 0 Å². The van der Waals surface area contributed by atoms with E-state index in [0.717, 1.165) is 30.1 Å². The molecular formula is C15H14Cl2NS+. The predicted octanol–water partition coefficient (Wildman–Crippen LogP) is 4.20. The summed E-state index contributed by atoms with van der Waals surface area (Å²) < 4.78 is 2.35. The molecule has 1 aliphatic heterocycles. The molecule has 3 rings (SSSR count). The van der Waals surface area contributed by atoms with Gasteiger partial charge in [-0.1, -0.05) is 29.8 Å². The Morgan fingerprint density at radius 2 is 2.05 bits per heavy atom. The Bertz CT molecular complexity index is 631. The van der Waals surface area contributed by atoms with E-state index in [0.29, 0.717) is 5.88 Å². The van der Waals surface area contributed by atoms with E-state index in [1.807, 2.05) is 29.5 Å². The number of benzene rings is 1. The molecule has 0 fully saturated rings. The molecule has 0 saturated heterocycles. The molecule has 0 spiro atoms. The zero-order chi connectivity index (χ0) is 13.2. The molecule has 4 heteroatoms. The van der Waals surface area contributed by atoms with Crippen LogP contribution in [0.2, 0.25) is 5.02 Å². The highest BCUT2D eigenvalue weighted by Crippen LogP contribution is 2.24. The molecule has 0 N–H and O–H groups in total. The summed E-state index contributed by atoms with van der Waals surface area (Å²) in [5, 5.41) is 2.98. The van der Waals surface area contributed by atoms with Crippen molar-refractivity contribution >= 4 is 40.3 Å². The molecule has 1 nitrogen and oxygen atoms in total. The van der Waals surface area contributed by atoms with Crippen LogP contribution in [0.3, 0.4) is 0 Å². The topological polar surface area (TPSA) is 3.01 Å². The van der Waals surface area contributed by atoms with Crippen molar-refractivity contribution in [1.29, 1.82) is 0 Å². The Hall–Kier alpha value is -0.830. The second-order valence-electron chi connectivity index (χ2n) is 4.60. The summed E-state index contributed by atoms with van der Waals surface area (Å²) in [6.45, 7) is 1.85. The summed E-state index contributed by atoms with van der Waals surface area (Å²) in [4.78, 5) is 1.45. The fourth-order valence-electron chi connectivity index (χ4n) is 2.50. The minimum absolute atomic E-state index is 0.550. The number of hydrogen-bond donors (Lipinski definition) is 0. The molecule has 0 saturated carbocycles. The Balaban J connectivity index is 1.98. The summed E-state index contributed by atoms with van der Waals surface area (Å²) in [7, 11) is 0. The fourth-order valence-corrected chi connectivity index (χ4v) is 3.90. The number of nitrogens with zero attached hydrogens (tertiary/aromatic N) is 1. The zero-order valence-corrected chi connectivity index (χ0v) is 12.7. The standard InChI is InChI=1S/C15H14Cl2NS/c16-9-14-12-6-8-19-15(12)5-7-18(14)10-11-3-1-2-4-13(11)17/h1-4,6,8H,5,7,9-10H2/q+1. The maximum absolute atomic E-state index is 6.25. The Kier molecular flexibility index (Phi) is 3.92. The summed E-state index contributed by atoms with van der Waals surface area (Å²) in [5.74, 6) is 0.550. The molecule has 0 aliphatic carbocycles. The number of thiophene rings is 1. The van der Waals surface area contributed by atoms with Crippen molar-refractivity contribution in [3.63, 3.8) is 0 Å². The van der Waals surface area contributed by atoms with E-state index in [-0.39, 0.29) is 0 Å². The average Bonchev–Trinajstić information content (AvgIpc) is 2.89. The van der Waals surface area contributed by atoms with Crippen molar-refractivity contribution in [3.05, 3.63) is 56.7 Å². The first-order chi connectivity index (χ1) is 9.29. The van der Waals surface area contributed by atoms with Gasteiger partial charge in [0.15, 0.2) is 12.3 Å². The lowest BCUT2D eigenvalue weighted by Crippen LogP contribution is -2.30. The molecule has 0 amide bonds. The van der Waals surface area contributed by atoms with Crippen molar-refractivity contribution in [2.45, 2.75) is 13.0 Å². The number of rotatable bonds is 3. The molecule has 98 valence electrons. The predicted molar refractivity (Wildman–Crippen MR) is 83.1 cm³/mol. The normalized spacial score (nSPS) is 14.6. The molecule has 0 bridgehead atoms. The molecule has 0 unspecified atom stereocenters. The summed E-state index contributed by atoms with van der Waals surface area (Å²) in [6.07, 6.45) is 1.10. The Morgan fingerprint density at radius 3 is 2.84 bits per heavy atom. The van der Waals surface area contributed by atoms with Crippen molar-refractivity contribution in [3.8, 4) is 0 Å². The molecule has 2 aromatic rings. The lowest BCUT2D eigenvalue weighted by atomic mass is 10.1. The van der Waals surface area contributed by atoms with Gasteiger partial charge in [0.1, 0.15) is 12.4 Å². The number of alkyl halides is 1. The highest BCUT2D eigenvalue weighted by molar-refractivity contribution is 7.10. The lowest BCUT2D eigenvalue weighted by molar-refractivity contribution is -0.544. The monoisotopic (exact) mass is 310 g/mol. The van der Waals surface area contributed by atoms with Gasteiger partial charge in [-0.2, -0.15) is 0 Å². The van der Waals surface area contributed by atoms with Crippen LogP contribution in [0.4, 0.5) is 0 Å². The van der Waals surface area contributed by atoms with E-state index in [1.54, 1.807) is 0 Å². The third-order valence-corrected chi connectivity index (χ3v) is 5.10. The zero-order valence-electron chi connectivity index (χ0n) is 10.4. The summed E-state index contributed by atoms with van der Waals surface area (Å²) in [6, 6.07) is 10.2. The molecular weight excluding hydrogens is 297 g/mol. The fraction of sp³-hybridized carbons (Fsp3) is 0.267. The van der Waals surface area contributed by atoms with Gasteiger partial charge in [0.25, 0.3) is 0 Å². The van der Waals surface area contributed by atoms with Crippen molar-refractivity contribution in [1.82, 2.24) is 0 Å². The largest absolute Gasteiger partial charge is 0.227 e. The van der Waals surface area contributed by atoms with Crippen LogP contribution in [0.25, 0.3) is 0 Å². The van der Waals surface area contributed by atoms with Crippen molar-refractivity contribution < 1.29 is 4.58 Å². The van der Waals surface area contributed by atoms with Crippen LogP contribution >= 0.6 is 34.5 Å². The minimum Gasteiger partial charge on any atom is -0.227 e. The smallest absolute Gasteiger partial charge is 0.199 e. The highest BCUT2D eigenvalue weighted by atomic mass is 35.5. The molecule has 2 heterocycles. The number of hydrogen-bond acceptors (Lipinski definition) is 1. The maximum atomic E-state index is 6.25. The second kappa shape index (κ2) is 5.66. The van der Waals surface area contributed by atoms with Crippen LogP contribution in [-0.4, -0.2) is 22.7 Å². The average molecular weight is 311 g/mol. The van der Waals surface area contributed by atoms with Gasteiger partial charge in [0.2, 0.25) is 0 Å². The third-order valence-electron chi connectivity index (χ3n) is 3.49. The first-order valence-corrected chi connectivity index (χ1v) is 8.05. The molecule has 1 aromatic heterocycles. The maximum Gasteiger partial charge on any atom is 0.199 e. The third kappa shape index (κ3) is 2.58. The van der Waals surface area contributed by atoms with Gasteiger partial charge >= 0.3 is 0 Å². The number of fused-ring (bicyclic) bond motifs is 1. The SMILES string of the molecule is ClCC1=[N+](Cc2ccccc2Cl)CCc2sccc21. The first kappa shape index (κ1) is 13.2. The Morgan fingerprint density at radius 1 is 1.21 bits per heavy atom. The van der Waals surface area contributed by atoms with Crippen molar-refractivity contribution in [2.24, 2.45) is 0 Å².